The number of ether oxygens (including phenoxy) is 1. The molecule has 0 saturated carbocycles. The van der Waals surface area contributed by atoms with E-state index in [1.165, 1.54) is 23.4 Å². The van der Waals surface area contributed by atoms with Crippen LogP contribution in [0.3, 0.4) is 0 Å². The summed E-state index contributed by atoms with van der Waals surface area (Å²) in [5.41, 5.74) is 8.16. The van der Waals surface area contributed by atoms with Crippen molar-refractivity contribution in [2.75, 3.05) is 25.9 Å². The molecule has 152 valence electrons. The molecule has 1 aliphatic rings. The third-order valence-electron chi connectivity index (χ3n) is 5.29. The van der Waals surface area contributed by atoms with E-state index in [9.17, 15) is 5.11 Å². The number of nitrogens with zero attached hydrogens (tertiary/aromatic N) is 2. The molecule has 0 unspecified atom stereocenters. The van der Waals surface area contributed by atoms with Gasteiger partial charge >= 0.3 is 0 Å². The number of thiazole rings is 1. The van der Waals surface area contributed by atoms with Crippen LogP contribution in [0, 0.1) is 0 Å². The monoisotopic (exact) mass is 401 g/mol. The minimum Gasteiger partial charge on any atom is -0.504 e. The summed E-state index contributed by atoms with van der Waals surface area (Å²) in [5, 5.41) is 10.4. The summed E-state index contributed by atoms with van der Waals surface area (Å²) in [7, 11) is 1.57. The van der Waals surface area contributed by atoms with Crippen molar-refractivity contribution in [2.45, 2.75) is 51.5 Å². The summed E-state index contributed by atoms with van der Waals surface area (Å²) < 4.78 is 5.16. The van der Waals surface area contributed by atoms with Gasteiger partial charge in [0.05, 0.1) is 12.8 Å². The molecule has 1 heterocycles. The number of nitrogens with two attached hydrogens (primary N) is 1. The second-order valence-electron chi connectivity index (χ2n) is 7.33. The normalized spacial score (nSPS) is 16.6. The van der Waals surface area contributed by atoms with Crippen molar-refractivity contribution in [1.29, 1.82) is 0 Å². The molecule has 1 aromatic heterocycles. The Labute approximate surface area is 171 Å². The lowest BCUT2D eigenvalue weighted by Gasteiger charge is -2.33. The number of methoxy groups -OCH3 is 1. The van der Waals surface area contributed by atoms with Gasteiger partial charge in [-0.05, 0) is 69.3 Å². The first-order valence-corrected chi connectivity index (χ1v) is 10.9. The third kappa shape index (κ3) is 5.26. The van der Waals surface area contributed by atoms with Crippen molar-refractivity contribution in [2.24, 2.45) is 0 Å². The number of unbranched alkanes of at least 4 members (excludes halogenated alkanes) is 1. The van der Waals surface area contributed by atoms with Crippen LogP contribution in [0.25, 0.3) is 6.08 Å². The number of aromatic nitrogens is 1. The summed E-state index contributed by atoms with van der Waals surface area (Å²) in [6.07, 6.45) is 11.0. The number of hydrogen-bond donors (Lipinski definition) is 2. The number of aryl methyl sites for hydroxylation is 1. The number of phenols is 1. The molecule has 28 heavy (non-hydrogen) atoms. The Balaban J connectivity index is 1.50. The van der Waals surface area contributed by atoms with E-state index in [0.717, 1.165) is 44.3 Å². The zero-order valence-corrected chi connectivity index (χ0v) is 17.7. The maximum absolute atomic E-state index is 9.68. The van der Waals surface area contributed by atoms with Gasteiger partial charge in [-0.3, -0.25) is 0 Å². The fraction of sp³-hybridized carbons (Fsp3) is 0.500. The zero-order valence-electron chi connectivity index (χ0n) is 16.9. The van der Waals surface area contributed by atoms with Crippen LogP contribution in [-0.2, 0) is 12.8 Å². The molecule has 0 radical (unpaired) electrons. The quantitative estimate of drug-likeness (QED) is 0.605. The molecule has 0 spiro atoms. The van der Waals surface area contributed by atoms with Crippen molar-refractivity contribution >= 4 is 22.5 Å². The van der Waals surface area contributed by atoms with Crippen LogP contribution in [0.5, 0.6) is 11.5 Å². The van der Waals surface area contributed by atoms with Crippen molar-refractivity contribution in [3.63, 3.8) is 0 Å². The molecule has 0 aliphatic heterocycles. The molecular weight excluding hydrogens is 370 g/mol. The maximum Gasteiger partial charge on any atom is 0.180 e. The van der Waals surface area contributed by atoms with Crippen molar-refractivity contribution < 1.29 is 9.84 Å². The summed E-state index contributed by atoms with van der Waals surface area (Å²) in [5.74, 6) is 0.685. The Kier molecular flexibility index (Phi) is 7.34. The third-order valence-corrected chi connectivity index (χ3v) is 6.24. The predicted molar refractivity (Wildman–Crippen MR) is 117 cm³/mol. The molecule has 1 aromatic carbocycles. The second kappa shape index (κ2) is 9.94. The van der Waals surface area contributed by atoms with Crippen molar-refractivity contribution in [3.8, 4) is 11.5 Å². The van der Waals surface area contributed by atoms with E-state index in [1.54, 1.807) is 24.5 Å². The highest BCUT2D eigenvalue weighted by atomic mass is 32.1. The first kappa shape index (κ1) is 20.7. The lowest BCUT2D eigenvalue weighted by atomic mass is 9.96. The molecule has 0 amide bonds. The van der Waals surface area contributed by atoms with Gasteiger partial charge in [-0.15, -0.1) is 11.3 Å². The van der Waals surface area contributed by atoms with Crippen molar-refractivity contribution in [3.05, 3.63) is 40.4 Å². The zero-order chi connectivity index (χ0) is 19.9. The molecule has 3 N–H and O–H groups in total. The lowest BCUT2D eigenvalue weighted by molar-refractivity contribution is 0.178. The van der Waals surface area contributed by atoms with Crippen LogP contribution in [0.4, 0.5) is 5.13 Å². The Hall–Kier alpha value is -2.05. The molecule has 0 bridgehead atoms. The van der Waals surface area contributed by atoms with Crippen LogP contribution in [0.15, 0.2) is 24.3 Å². The number of hydrogen-bond acceptors (Lipinski definition) is 6. The lowest BCUT2D eigenvalue weighted by Crippen LogP contribution is -2.40. The molecule has 2 aromatic rings. The van der Waals surface area contributed by atoms with E-state index < -0.39 is 0 Å². The number of phenolic OH excluding ortho intramolecular Hbond substituents is 1. The Morgan fingerprint density at radius 2 is 2.25 bits per heavy atom. The average Bonchev–Trinajstić information content (AvgIpc) is 3.07. The molecule has 1 aliphatic carbocycles. The van der Waals surface area contributed by atoms with Gasteiger partial charge in [0.2, 0.25) is 0 Å². The Morgan fingerprint density at radius 3 is 3.04 bits per heavy atom. The number of allylic oxidation sites excluding steroid dienone is 1. The SMILES string of the molecule is CCCN(CCC/C=C/c1ccc(O)c(OC)c1)[C@H]1CCc2nc(N)sc2C1. The molecule has 5 nitrogen and oxygen atoms in total. The highest BCUT2D eigenvalue weighted by molar-refractivity contribution is 7.15. The second-order valence-corrected chi connectivity index (χ2v) is 8.45. The van der Waals surface area contributed by atoms with E-state index in [2.05, 4.69) is 29.0 Å². The Bertz CT molecular complexity index is 803. The Morgan fingerprint density at radius 1 is 1.39 bits per heavy atom. The number of anilines is 1. The highest BCUT2D eigenvalue weighted by Crippen LogP contribution is 2.30. The van der Waals surface area contributed by atoms with Gasteiger partial charge in [0.25, 0.3) is 0 Å². The predicted octanol–water partition coefficient (Wildman–Crippen LogP) is 4.50. The molecule has 6 heteroatoms. The molecule has 1 atom stereocenters. The topological polar surface area (TPSA) is 71.6 Å². The van der Waals surface area contributed by atoms with Crippen LogP contribution in [-0.4, -0.2) is 41.2 Å². The number of rotatable bonds is 9. The number of benzene rings is 1. The van der Waals surface area contributed by atoms with E-state index >= 15 is 0 Å². The minimum atomic E-state index is 0.174. The van der Waals surface area contributed by atoms with E-state index in [1.807, 2.05) is 12.1 Å². The number of fused-ring (bicyclic) bond motifs is 1. The fourth-order valence-corrected chi connectivity index (χ4v) is 4.83. The van der Waals surface area contributed by atoms with Crippen LogP contribution in [0.2, 0.25) is 0 Å². The van der Waals surface area contributed by atoms with E-state index in [0.29, 0.717) is 16.9 Å². The number of nitrogen functional groups attached to an aromatic ring is 1. The van der Waals surface area contributed by atoms with Gasteiger partial charge in [-0.2, -0.15) is 0 Å². The van der Waals surface area contributed by atoms with Crippen molar-refractivity contribution in [1.82, 2.24) is 9.88 Å². The smallest absolute Gasteiger partial charge is 0.180 e. The average molecular weight is 402 g/mol. The first-order valence-electron chi connectivity index (χ1n) is 10.1. The summed E-state index contributed by atoms with van der Waals surface area (Å²) in [6.45, 7) is 4.52. The van der Waals surface area contributed by atoms with Gasteiger partial charge < -0.3 is 20.5 Å². The summed E-state index contributed by atoms with van der Waals surface area (Å²) >= 11 is 1.66. The van der Waals surface area contributed by atoms with E-state index in [4.69, 9.17) is 10.5 Å². The molecule has 0 saturated heterocycles. The van der Waals surface area contributed by atoms with Gasteiger partial charge in [-0.25, -0.2) is 4.98 Å². The summed E-state index contributed by atoms with van der Waals surface area (Å²) in [6, 6.07) is 6.04. The van der Waals surface area contributed by atoms with Crippen LogP contribution < -0.4 is 10.5 Å². The van der Waals surface area contributed by atoms with Gasteiger partial charge in [-0.1, -0.05) is 25.1 Å². The van der Waals surface area contributed by atoms with Crippen LogP contribution in [0.1, 0.15) is 48.7 Å². The highest BCUT2D eigenvalue weighted by Gasteiger charge is 2.26. The number of aromatic hydroxyl groups is 1. The molecule has 3 rings (SSSR count). The summed E-state index contributed by atoms with van der Waals surface area (Å²) in [4.78, 5) is 8.50. The molecule has 0 fully saturated rings. The maximum atomic E-state index is 9.68. The molecular formula is C22H31N3O2S. The largest absolute Gasteiger partial charge is 0.504 e. The minimum absolute atomic E-state index is 0.174. The standard InChI is InChI=1S/C22H31N3O2S/c1-3-12-25(17-9-10-18-21(15-17)28-22(23)24-18)13-6-4-5-7-16-8-11-19(26)20(14-16)27-2/h5,7-8,11,14,17,26H,3-4,6,9-10,12-13,15H2,1-2H3,(H2,23,24)/b7-5+/t17-/m0/s1. The van der Waals surface area contributed by atoms with Gasteiger partial charge in [0.1, 0.15) is 0 Å². The van der Waals surface area contributed by atoms with Gasteiger partial charge in [0, 0.05) is 10.9 Å². The van der Waals surface area contributed by atoms with Crippen LogP contribution >= 0.6 is 11.3 Å². The van der Waals surface area contributed by atoms with E-state index in [-0.39, 0.29) is 5.75 Å². The fourth-order valence-electron chi connectivity index (χ4n) is 3.88. The van der Waals surface area contributed by atoms with Gasteiger partial charge in [0.15, 0.2) is 16.6 Å². The first-order chi connectivity index (χ1) is 13.6.